The average Bonchev–Trinajstić information content (AvgIpc) is 2.94. The molecule has 0 saturated carbocycles. The second-order valence-electron chi connectivity index (χ2n) is 4.57. The Hall–Kier alpha value is -1.99. The number of hydrogen-bond donors (Lipinski definition) is 0. The molecule has 0 bridgehead atoms. The van der Waals surface area contributed by atoms with E-state index in [0.717, 1.165) is 5.56 Å². The number of thioether (sulfide) groups is 1. The van der Waals surface area contributed by atoms with Crippen molar-refractivity contribution in [3.05, 3.63) is 40.5 Å². The number of carbonyl (C=O) groups is 1. The molecule has 1 aromatic carbocycles. The number of hydrogen-bond acceptors (Lipinski definition) is 6. The number of ketones is 1. The maximum Gasteiger partial charge on any atom is 0.274 e. The molecule has 104 valence electrons. The summed E-state index contributed by atoms with van der Waals surface area (Å²) in [5, 5.41) is 12.1. The fourth-order valence-electron chi connectivity index (χ4n) is 2.43. The van der Waals surface area contributed by atoms with Crippen molar-refractivity contribution in [3.8, 4) is 11.3 Å². The second-order valence-corrected chi connectivity index (χ2v) is 5.96. The Morgan fingerprint density at radius 3 is 2.95 bits per heavy atom. The van der Waals surface area contributed by atoms with Gasteiger partial charge in [-0.3, -0.25) is 4.79 Å². The van der Waals surface area contributed by atoms with E-state index in [1.807, 2.05) is 18.2 Å². The highest BCUT2D eigenvalue weighted by Crippen LogP contribution is 2.35. The monoisotopic (exact) mass is 317 g/mol. The number of Topliss-reactive ketones (excluding diaryl/α,β-unsaturated/α-hetero) is 1. The van der Waals surface area contributed by atoms with Gasteiger partial charge in [-0.15, -0.1) is 11.8 Å². The zero-order chi connectivity index (χ0) is 14.4. The number of nitrogens with zero attached hydrogens (tertiary/aromatic N) is 5. The predicted octanol–water partition coefficient (Wildman–Crippen LogP) is 2.27. The highest BCUT2D eigenvalue weighted by atomic mass is 35.5. The van der Waals surface area contributed by atoms with Gasteiger partial charge in [0.25, 0.3) is 5.78 Å². The molecule has 21 heavy (non-hydrogen) atoms. The molecule has 2 aromatic heterocycles. The van der Waals surface area contributed by atoms with E-state index in [2.05, 4.69) is 20.5 Å². The van der Waals surface area contributed by atoms with Gasteiger partial charge in [0.2, 0.25) is 0 Å². The van der Waals surface area contributed by atoms with E-state index in [9.17, 15) is 4.79 Å². The van der Waals surface area contributed by atoms with Crippen LogP contribution in [0.5, 0.6) is 0 Å². The number of carbonyl (C=O) groups excluding carboxylic acids is 1. The summed E-state index contributed by atoms with van der Waals surface area (Å²) in [6, 6.07) is 7.34. The van der Waals surface area contributed by atoms with Crippen LogP contribution in [0, 0.1) is 0 Å². The van der Waals surface area contributed by atoms with Gasteiger partial charge in [-0.05, 0) is 16.5 Å². The molecule has 8 heteroatoms. The summed E-state index contributed by atoms with van der Waals surface area (Å²) >= 11 is 7.84. The lowest BCUT2D eigenvalue weighted by Crippen LogP contribution is -2.18. The summed E-state index contributed by atoms with van der Waals surface area (Å²) in [5.41, 5.74) is 2.64. The van der Waals surface area contributed by atoms with Crippen LogP contribution in [-0.2, 0) is 5.75 Å². The number of fused-ring (bicyclic) bond motifs is 2. The van der Waals surface area contributed by atoms with E-state index in [4.69, 9.17) is 11.6 Å². The molecule has 0 atom stereocenters. The van der Waals surface area contributed by atoms with Gasteiger partial charge in [0.15, 0.2) is 5.78 Å². The van der Waals surface area contributed by atoms with Gasteiger partial charge < -0.3 is 0 Å². The smallest absolute Gasteiger partial charge is 0.274 e. The first kappa shape index (κ1) is 12.7. The molecular formula is C13H8ClN5OS. The maximum absolute atomic E-state index is 12.4. The third-order valence-corrected chi connectivity index (χ3v) is 4.58. The Labute approximate surface area is 128 Å². The van der Waals surface area contributed by atoms with Crippen molar-refractivity contribution < 1.29 is 4.79 Å². The van der Waals surface area contributed by atoms with Crippen LogP contribution in [0.1, 0.15) is 16.1 Å². The van der Waals surface area contributed by atoms with Crippen LogP contribution in [0.2, 0.25) is 5.02 Å². The van der Waals surface area contributed by atoms with Crippen LogP contribution in [0.4, 0.5) is 0 Å². The standard InChI is InChI=1S/C13H8ClN5OS/c14-8-4-2-1-3-7(8)12-11-9(5-21-6-10(11)20)15-13-16-17-18-19(12)13/h1-4H,5-6H2. The first-order chi connectivity index (χ1) is 10.3. The average molecular weight is 318 g/mol. The van der Waals surface area contributed by atoms with E-state index in [-0.39, 0.29) is 5.78 Å². The first-order valence-electron chi connectivity index (χ1n) is 6.22. The van der Waals surface area contributed by atoms with Crippen LogP contribution in [0.25, 0.3) is 17.0 Å². The summed E-state index contributed by atoms with van der Waals surface area (Å²) in [7, 11) is 0. The fraction of sp³-hybridized carbons (Fsp3) is 0.154. The molecule has 0 fully saturated rings. The SMILES string of the molecule is O=C1CSCc2nc3nnnn3c(-c3ccccc3Cl)c21. The molecule has 0 radical (unpaired) electrons. The number of benzene rings is 1. The van der Waals surface area contributed by atoms with Gasteiger partial charge in [0, 0.05) is 16.3 Å². The highest BCUT2D eigenvalue weighted by Gasteiger charge is 2.27. The normalized spacial score (nSPS) is 14.4. The lowest BCUT2D eigenvalue weighted by Gasteiger charge is -2.18. The Morgan fingerprint density at radius 1 is 1.24 bits per heavy atom. The van der Waals surface area contributed by atoms with Crippen LogP contribution in [0.15, 0.2) is 24.3 Å². The molecule has 4 rings (SSSR count). The summed E-state index contributed by atoms with van der Waals surface area (Å²) in [6.07, 6.45) is 0. The van der Waals surface area contributed by atoms with Gasteiger partial charge in [-0.1, -0.05) is 34.9 Å². The molecule has 0 aliphatic carbocycles. The summed E-state index contributed by atoms with van der Waals surface area (Å²) in [6.45, 7) is 0. The van der Waals surface area contributed by atoms with E-state index >= 15 is 0 Å². The quantitative estimate of drug-likeness (QED) is 0.685. The molecule has 0 unspecified atom stereocenters. The molecular weight excluding hydrogens is 310 g/mol. The summed E-state index contributed by atoms with van der Waals surface area (Å²) < 4.78 is 1.48. The molecule has 0 saturated heterocycles. The van der Waals surface area contributed by atoms with E-state index in [1.165, 1.54) is 4.52 Å². The van der Waals surface area contributed by atoms with Crippen molar-refractivity contribution in [1.82, 2.24) is 25.0 Å². The second kappa shape index (κ2) is 4.78. The van der Waals surface area contributed by atoms with Crippen LogP contribution >= 0.6 is 23.4 Å². The maximum atomic E-state index is 12.4. The predicted molar refractivity (Wildman–Crippen MR) is 79.5 cm³/mol. The molecule has 1 aliphatic heterocycles. The van der Waals surface area contributed by atoms with Gasteiger partial charge in [0.05, 0.1) is 22.7 Å². The van der Waals surface area contributed by atoms with Crippen LogP contribution in [-0.4, -0.2) is 36.6 Å². The Kier molecular flexibility index (Phi) is 2.90. The third kappa shape index (κ3) is 1.92. The largest absolute Gasteiger partial charge is 0.293 e. The molecule has 1 aliphatic rings. The van der Waals surface area contributed by atoms with Gasteiger partial charge >= 0.3 is 0 Å². The molecule has 6 nitrogen and oxygen atoms in total. The van der Waals surface area contributed by atoms with Crippen molar-refractivity contribution in [1.29, 1.82) is 0 Å². The van der Waals surface area contributed by atoms with Crippen LogP contribution in [0.3, 0.4) is 0 Å². The number of halogens is 1. The zero-order valence-corrected chi connectivity index (χ0v) is 12.2. The summed E-state index contributed by atoms with van der Waals surface area (Å²) in [5.74, 6) is 1.50. The van der Waals surface area contributed by atoms with Gasteiger partial charge in [0.1, 0.15) is 0 Å². The van der Waals surface area contributed by atoms with Crippen LogP contribution < -0.4 is 0 Å². The van der Waals surface area contributed by atoms with E-state index in [0.29, 0.717) is 39.3 Å². The molecule has 0 spiro atoms. The third-order valence-electron chi connectivity index (χ3n) is 3.30. The lowest BCUT2D eigenvalue weighted by molar-refractivity contribution is 0.102. The molecule has 3 aromatic rings. The van der Waals surface area contributed by atoms with Crippen molar-refractivity contribution >= 4 is 34.9 Å². The Balaban J connectivity index is 2.16. The van der Waals surface area contributed by atoms with E-state index in [1.54, 1.807) is 17.8 Å². The van der Waals surface area contributed by atoms with Crippen molar-refractivity contribution in [2.24, 2.45) is 0 Å². The lowest BCUT2D eigenvalue weighted by atomic mass is 10.0. The molecule has 0 N–H and O–H groups in total. The number of aromatic nitrogens is 5. The van der Waals surface area contributed by atoms with Gasteiger partial charge in [-0.2, -0.15) is 4.52 Å². The molecule has 0 amide bonds. The van der Waals surface area contributed by atoms with E-state index < -0.39 is 0 Å². The Morgan fingerprint density at radius 2 is 2.10 bits per heavy atom. The first-order valence-corrected chi connectivity index (χ1v) is 7.76. The zero-order valence-electron chi connectivity index (χ0n) is 10.7. The topological polar surface area (TPSA) is 73.0 Å². The molecule has 3 heterocycles. The van der Waals surface area contributed by atoms with Crippen molar-refractivity contribution in [2.45, 2.75) is 5.75 Å². The minimum atomic E-state index is 0.0288. The highest BCUT2D eigenvalue weighted by molar-refractivity contribution is 7.99. The summed E-state index contributed by atoms with van der Waals surface area (Å²) in [4.78, 5) is 16.8. The van der Waals surface area contributed by atoms with Gasteiger partial charge in [-0.25, -0.2) is 4.98 Å². The number of tetrazole rings is 1. The van der Waals surface area contributed by atoms with Crippen molar-refractivity contribution in [2.75, 3.05) is 5.75 Å². The fourth-order valence-corrected chi connectivity index (χ4v) is 3.49. The minimum Gasteiger partial charge on any atom is -0.293 e. The Bertz CT molecular complexity index is 878. The van der Waals surface area contributed by atoms with Crippen molar-refractivity contribution in [3.63, 3.8) is 0 Å². The minimum absolute atomic E-state index is 0.0288. The number of rotatable bonds is 1.